The molecule has 8 rings (SSSR count). The van der Waals surface area contributed by atoms with Crippen LogP contribution in [0.15, 0.2) is 243 Å². The number of fused-ring (bicyclic) bond motifs is 4. The van der Waals surface area contributed by atoms with Gasteiger partial charge in [-0.3, -0.25) is 0 Å². The van der Waals surface area contributed by atoms with Gasteiger partial charge in [0.15, 0.2) is 0 Å². The summed E-state index contributed by atoms with van der Waals surface area (Å²) in [6.07, 6.45) is 22.9. The first-order valence-electron chi connectivity index (χ1n) is 22.3. The van der Waals surface area contributed by atoms with Crippen LogP contribution in [0, 0.1) is 13.8 Å². The van der Waals surface area contributed by atoms with Crippen molar-refractivity contribution in [1.82, 2.24) is 0 Å². The van der Waals surface area contributed by atoms with E-state index < -0.39 is 0 Å². The fourth-order valence-corrected chi connectivity index (χ4v) is 7.76. The van der Waals surface area contributed by atoms with Gasteiger partial charge in [-0.1, -0.05) is 228 Å². The SMILES string of the molecule is C=C/C=C\c1sc(C=C)c(C)c1C.C=C1\C=C/C(C(/C=C\C)=C/CN)=C\Cc2ccccc2N1.C=CC.CC.c1ccc(-c2ccccc2)cc1.c1ccc2c(c1)ccc1ccccc12. The Bertz CT molecular complexity index is 2610. The summed E-state index contributed by atoms with van der Waals surface area (Å²) in [6, 6.07) is 50.5. The Morgan fingerprint density at radius 1 is 0.662 bits per heavy atom. The number of benzene rings is 6. The van der Waals surface area contributed by atoms with Crippen molar-refractivity contribution >= 4 is 50.7 Å². The highest BCUT2D eigenvalue weighted by Crippen LogP contribution is 2.29. The lowest BCUT2D eigenvalue weighted by molar-refractivity contribution is 1.22. The Balaban J connectivity index is 0.000000227. The Labute approximate surface area is 395 Å². The van der Waals surface area contributed by atoms with Crippen LogP contribution < -0.4 is 11.1 Å². The van der Waals surface area contributed by atoms with Crippen molar-refractivity contribution in [2.45, 2.75) is 48.0 Å². The van der Waals surface area contributed by atoms with Gasteiger partial charge in [-0.15, -0.1) is 17.9 Å². The molecule has 0 bridgehead atoms. The summed E-state index contributed by atoms with van der Waals surface area (Å²) in [6.45, 7) is 27.6. The summed E-state index contributed by atoms with van der Waals surface area (Å²) in [5.74, 6) is 0. The van der Waals surface area contributed by atoms with Crippen LogP contribution in [0.4, 0.5) is 5.69 Å². The first-order valence-corrected chi connectivity index (χ1v) is 23.1. The summed E-state index contributed by atoms with van der Waals surface area (Å²) in [5, 5.41) is 8.65. The van der Waals surface area contributed by atoms with E-state index in [2.05, 4.69) is 197 Å². The molecule has 332 valence electrons. The summed E-state index contributed by atoms with van der Waals surface area (Å²) in [7, 11) is 0. The van der Waals surface area contributed by atoms with Gasteiger partial charge in [-0.05, 0) is 113 Å². The van der Waals surface area contributed by atoms with Crippen LogP contribution in [0.2, 0.25) is 0 Å². The average Bonchev–Trinajstić information content (AvgIpc) is 3.67. The fourth-order valence-electron chi connectivity index (χ4n) is 6.68. The molecule has 65 heavy (non-hydrogen) atoms. The predicted molar refractivity (Wildman–Crippen MR) is 296 cm³/mol. The number of allylic oxidation sites excluding steroid dienone is 10. The number of rotatable bonds is 7. The Morgan fingerprint density at radius 3 is 1.68 bits per heavy atom. The highest BCUT2D eigenvalue weighted by Gasteiger charge is 2.07. The molecule has 0 unspecified atom stereocenters. The average molecular weight is 873 g/mol. The Hall–Kier alpha value is -7.04. The zero-order valence-corrected chi connectivity index (χ0v) is 40.3. The summed E-state index contributed by atoms with van der Waals surface area (Å²) >= 11 is 1.77. The van der Waals surface area contributed by atoms with E-state index in [9.17, 15) is 0 Å². The third-order valence-electron chi connectivity index (χ3n) is 9.96. The quantitative estimate of drug-likeness (QED) is 0.0951. The molecule has 2 heterocycles. The maximum absolute atomic E-state index is 5.68. The van der Waals surface area contributed by atoms with Crippen molar-refractivity contribution in [3.05, 3.63) is 270 Å². The minimum absolute atomic E-state index is 0.528. The van der Waals surface area contributed by atoms with Crippen LogP contribution in [-0.2, 0) is 6.42 Å². The molecule has 3 N–H and O–H groups in total. The number of para-hydroxylation sites is 1. The van der Waals surface area contributed by atoms with Crippen LogP contribution in [-0.4, -0.2) is 6.54 Å². The normalized spacial score (nSPS) is 12.9. The molecule has 0 fully saturated rings. The minimum atomic E-state index is 0.528. The zero-order valence-electron chi connectivity index (χ0n) is 39.4. The van der Waals surface area contributed by atoms with Gasteiger partial charge in [0.05, 0.1) is 0 Å². The van der Waals surface area contributed by atoms with E-state index in [-0.39, 0.29) is 0 Å². The van der Waals surface area contributed by atoms with Crippen LogP contribution in [0.25, 0.3) is 44.8 Å². The molecule has 1 aliphatic heterocycles. The summed E-state index contributed by atoms with van der Waals surface area (Å²) in [4.78, 5) is 2.56. The first kappa shape index (κ1) is 52.3. The molecule has 0 spiro atoms. The van der Waals surface area contributed by atoms with Crippen LogP contribution in [0.5, 0.6) is 0 Å². The van der Waals surface area contributed by atoms with Gasteiger partial charge in [0, 0.05) is 27.7 Å². The summed E-state index contributed by atoms with van der Waals surface area (Å²) < 4.78 is 0. The lowest BCUT2D eigenvalue weighted by atomic mass is 10.0. The Morgan fingerprint density at radius 2 is 1.17 bits per heavy atom. The van der Waals surface area contributed by atoms with E-state index in [1.54, 1.807) is 23.5 Å². The minimum Gasteiger partial charge on any atom is -0.356 e. The molecule has 1 aromatic heterocycles. The van der Waals surface area contributed by atoms with E-state index in [0.29, 0.717) is 6.54 Å². The molecule has 2 nitrogen and oxygen atoms in total. The molecule has 0 saturated carbocycles. The van der Waals surface area contributed by atoms with Crippen molar-refractivity contribution in [1.29, 1.82) is 0 Å². The molecule has 7 aromatic rings. The second-order valence-electron chi connectivity index (χ2n) is 14.4. The maximum atomic E-state index is 5.68. The van der Waals surface area contributed by atoms with E-state index in [4.69, 9.17) is 5.73 Å². The van der Waals surface area contributed by atoms with E-state index in [0.717, 1.165) is 23.4 Å². The van der Waals surface area contributed by atoms with Crippen LogP contribution in [0.3, 0.4) is 0 Å². The van der Waals surface area contributed by atoms with Crippen molar-refractivity contribution in [3.63, 3.8) is 0 Å². The van der Waals surface area contributed by atoms with Crippen molar-refractivity contribution in [2.24, 2.45) is 5.73 Å². The second-order valence-corrected chi connectivity index (χ2v) is 15.5. The number of nitrogens with one attached hydrogen (secondary N) is 1. The molecule has 0 amide bonds. The number of thiophene rings is 1. The molecule has 0 saturated heterocycles. The second kappa shape index (κ2) is 30.1. The monoisotopic (exact) mass is 873 g/mol. The molecule has 0 aliphatic carbocycles. The Kier molecular flexibility index (Phi) is 24.2. The zero-order chi connectivity index (χ0) is 47.2. The van der Waals surface area contributed by atoms with Crippen molar-refractivity contribution in [2.75, 3.05) is 11.9 Å². The van der Waals surface area contributed by atoms with Gasteiger partial charge < -0.3 is 11.1 Å². The highest BCUT2D eigenvalue weighted by atomic mass is 32.1. The van der Waals surface area contributed by atoms with E-state index in [1.807, 2.05) is 76.3 Å². The van der Waals surface area contributed by atoms with Crippen molar-refractivity contribution in [3.8, 4) is 11.1 Å². The number of nitrogens with two attached hydrogens (primary N) is 1. The lowest BCUT2D eigenvalue weighted by Crippen LogP contribution is -1.98. The maximum Gasteiger partial charge on any atom is 0.0419 e. The van der Waals surface area contributed by atoms with Crippen LogP contribution >= 0.6 is 11.3 Å². The molecular weight excluding hydrogens is 805 g/mol. The molecule has 0 radical (unpaired) electrons. The third kappa shape index (κ3) is 16.9. The number of anilines is 1. The third-order valence-corrected chi connectivity index (χ3v) is 11.3. The molecule has 1 aliphatic rings. The standard InChI is InChI=1S/C19H22N2.C14H10.C12H14S.C12H10.C3H6.C2H6/c1-3-6-16(13-14-20)17-10-9-15(2)21-19-8-5-4-7-18(19)12-11-17;1-3-7-13-11(5-1)9-10-12-6-2-4-8-14(12)13;1-5-7-8-12-10(4)9(3)11(6-2)13-12;1-3-7-11(8-4-1)12-9-5-2-6-10-12;1-3-2;1-2/h3-11,13,21H,2,12,14,20H2,1H3;1-10H;5-8H,1-2H2,3-4H3;1-10H;3H,1H2,2H3;1-2H3/b6-3-,10-9-,16-13+,17-11+;;8-7-;;;. The van der Waals surface area contributed by atoms with Gasteiger partial charge in [0.2, 0.25) is 0 Å². The van der Waals surface area contributed by atoms with Crippen LogP contribution in [0.1, 0.15) is 54.1 Å². The highest BCUT2D eigenvalue weighted by molar-refractivity contribution is 7.14. The number of hydrogen-bond donors (Lipinski definition) is 2. The van der Waals surface area contributed by atoms with Gasteiger partial charge in [0.25, 0.3) is 0 Å². The molecule has 6 aromatic carbocycles. The molecule has 3 heteroatoms. The topological polar surface area (TPSA) is 38.0 Å². The fraction of sp³-hybridized carbons (Fsp3) is 0.129. The van der Waals surface area contributed by atoms with E-state index in [1.165, 1.54) is 64.7 Å². The summed E-state index contributed by atoms with van der Waals surface area (Å²) in [5.41, 5.74) is 16.5. The van der Waals surface area contributed by atoms with Gasteiger partial charge in [-0.2, -0.15) is 0 Å². The van der Waals surface area contributed by atoms with Gasteiger partial charge >= 0.3 is 0 Å². The van der Waals surface area contributed by atoms with Gasteiger partial charge in [-0.25, -0.2) is 0 Å². The van der Waals surface area contributed by atoms with Crippen molar-refractivity contribution < 1.29 is 0 Å². The first-order chi connectivity index (χ1) is 31.8. The van der Waals surface area contributed by atoms with E-state index >= 15 is 0 Å². The largest absolute Gasteiger partial charge is 0.356 e. The predicted octanol–water partition coefficient (Wildman–Crippen LogP) is 17.9. The molecule has 0 atom stereocenters. The lowest BCUT2D eigenvalue weighted by Gasteiger charge is -2.09. The molecular formula is C62H68N2S. The smallest absolute Gasteiger partial charge is 0.0419 e. The number of hydrogen-bond acceptors (Lipinski definition) is 3. The van der Waals surface area contributed by atoms with Gasteiger partial charge in [0.1, 0.15) is 0 Å².